The van der Waals surface area contributed by atoms with Crippen LogP contribution in [0.4, 0.5) is 13.2 Å². The van der Waals surface area contributed by atoms with E-state index < -0.39 is 11.7 Å². The number of hydrogen-bond donors (Lipinski definition) is 1. The van der Waals surface area contributed by atoms with Gasteiger partial charge in [0, 0.05) is 17.3 Å². The fraction of sp³-hybridized carbons (Fsp3) is 0.278. The zero-order valence-corrected chi connectivity index (χ0v) is 13.2. The van der Waals surface area contributed by atoms with Gasteiger partial charge in [-0.15, -0.1) is 0 Å². The van der Waals surface area contributed by atoms with Crippen LogP contribution in [0.3, 0.4) is 0 Å². The van der Waals surface area contributed by atoms with E-state index in [9.17, 15) is 13.2 Å². The van der Waals surface area contributed by atoms with Crippen LogP contribution in [0.15, 0.2) is 36.4 Å². The van der Waals surface area contributed by atoms with Crippen LogP contribution in [-0.4, -0.2) is 13.3 Å². The summed E-state index contributed by atoms with van der Waals surface area (Å²) in [6.07, 6.45) is -3.49. The molecule has 2 rings (SSSR count). The quantitative estimate of drug-likeness (QED) is 0.741. The van der Waals surface area contributed by atoms with Gasteiger partial charge < -0.3 is 10.1 Å². The Labute approximate surface area is 133 Å². The average molecular weight is 321 g/mol. The molecule has 0 saturated carbocycles. The van der Waals surface area contributed by atoms with E-state index in [-0.39, 0.29) is 11.5 Å². The Hall–Kier alpha value is -2.30. The predicted molar refractivity (Wildman–Crippen MR) is 85.4 cm³/mol. The number of halogens is 3. The standard InChI is InChI=1S/C18H18F3NO/c1-11(2)12-4-7-17(23-3)16(9-12)15-6-5-14(18(19,20)21)8-13(15)10-22/h4-11,22H,1-3H3. The lowest BCUT2D eigenvalue weighted by molar-refractivity contribution is -0.137. The summed E-state index contributed by atoms with van der Waals surface area (Å²) in [6.45, 7) is 4.08. The third-order valence-corrected chi connectivity index (χ3v) is 3.71. The van der Waals surface area contributed by atoms with Crippen molar-refractivity contribution in [3.05, 3.63) is 53.1 Å². The van der Waals surface area contributed by atoms with Gasteiger partial charge in [0.05, 0.1) is 12.7 Å². The van der Waals surface area contributed by atoms with Gasteiger partial charge in [-0.1, -0.05) is 26.0 Å². The van der Waals surface area contributed by atoms with E-state index in [0.717, 1.165) is 23.9 Å². The minimum Gasteiger partial charge on any atom is -0.496 e. The molecule has 2 aromatic carbocycles. The van der Waals surface area contributed by atoms with Crippen molar-refractivity contribution in [1.82, 2.24) is 0 Å². The second kappa shape index (κ2) is 6.44. The third kappa shape index (κ3) is 3.55. The van der Waals surface area contributed by atoms with Gasteiger partial charge in [-0.3, -0.25) is 0 Å². The van der Waals surface area contributed by atoms with Crippen molar-refractivity contribution in [3.63, 3.8) is 0 Å². The number of methoxy groups -OCH3 is 1. The van der Waals surface area contributed by atoms with E-state index in [4.69, 9.17) is 10.1 Å². The first-order chi connectivity index (χ1) is 10.8. The molecule has 0 spiro atoms. The van der Waals surface area contributed by atoms with Crippen molar-refractivity contribution in [2.24, 2.45) is 0 Å². The minimum atomic E-state index is -4.43. The number of hydrogen-bond acceptors (Lipinski definition) is 2. The minimum absolute atomic E-state index is 0.207. The zero-order valence-electron chi connectivity index (χ0n) is 13.2. The first kappa shape index (κ1) is 17.1. The maximum absolute atomic E-state index is 12.9. The lowest BCUT2D eigenvalue weighted by Crippen LogP contribution is -2.06. The van der Waals surface area contributed by atoms with Crippen molar-refractivity contribution < 1.29 is 17.9 Å². The topological polar surface area (TPSA) is 33.1 Å². The van der Waals surface area contributed by atoms with Crippen LogP contribution in [0.2, 0.25) is 0 Å². The van der Waals surface area contributed by atoms with E-state index in [1.165, 1.54) is 13.2 Å². The maximum Gasteiger partial charge on any atom is 0.416 e. The molecular formula is C18H18F3NO. The summed E-state index contributed by atoms with van der Waals surface area (Å²) in [4.78, 5) is 0. The summed E-state index contributed by atoms with van der Waals surface area (Å²) in [5, 5.41) is 7.47. The number of alkyl halides is 3. The summed E-state index contributed by atoms with van der Waals surface area (Å²) in [5.74, 6) is 0.842. The summed E-state index contributed by atoms with van der Waals surface area (Å²) in [7, 11) is 1.52. The Morgan fingerprint density at radius 3 is 2.26 bits per heavy atom. The predicted octanol–water partition coefficient (Wildman–Crippen LogP) is 5.50. The van der Waals surface area contributed by atoms with Crippen LogP contribution in [0.5, 0.6) is 5.75 Å². The SMILES string of the molecule is COc1ccc(C(C)C)cc1-c1ccc(C(F)(F)F)cc1C=N. The molecule has 0 aliphatic heterocycles. The van der Waals surface area contributed by atoms with Crippen molar-refractivity contribution in [1.29, 1.82) is 5.41 Å². The van der Waals surface area contributed by atoms with Gasteiger partial charge in [-0.05, 0) is 41.3 Å². The van der Waals surface area contributed by atoms with Crippen LogP contribution < -0.4 is 4.74 Å². The van der Waals surface area contributed by atoms with Gasteiger partial charge in [0.25, 0.3) is 0 Å². The summed E-state index contributed by atoms with van der Waals surface area (Å²) < 4.78 is 43.9. The molecule has 0 radical (unpaired) electrons. The summed E-state index contributed by atoms with van der Waals surface area (Å²) in [6, 6.07) is 9.05. The Morgan fingerprint density at radius 1 is 1.04 bits per heavy atom. The molecule has 0 saturated heterocycles. The van der Waals surface area contributed by atoms with Crippen molar-refractivity contribution in [2.75, 3.05) is 7.11 Å². The molecule has 1 N–H and O–H groups in total. The first-order valence-corrected chi connectivity index (χ1v) is 7.18. The molecule has 0 aliphatic carbocycles. The van der Waals surface area contributed by atoms with Crippen molar-refractivity contribution in [2.45, 2.75) is 25.9 Å². The molecule has 0 heterocycles. The van der Waals surface area contributed by atoms with Crippen LogP contribution in [0.1, 0.15) is 36.5 Å². The smallest absolute Gasteiger partial charge is 0.416 e. The number of rotatable bonds is 4. The molecule has 0 fully saturated rings. The van der Waals surface area contributed by atoms with Crippen LogP contribution in [0.25, 0.3) is 11.1 Å². The number of nitrogens with one attached hydrogen (secondary N) is 1. The highest BCUT2D eigenvalue weighted by molar-refractivity contribution is 5.91. The van der Waals surface area contributed by atoms with Crippen LogP contribution >= 0.6 is 0 Å². The molecule has 23 heavy (non-hydrogen) atoms. The largest absolute Gasteiger partial charge is 0.496 e. The van der Waals surface area contributed by atoms with Crippen LogP contribution in [0, 0.1) is 5.41 Å². The van der Waals surface area contributed by atoms with Gasteiger partial charge in [0.2, 0.25) is 0 Å². The highest BCUT2D eigenvalue weighted by Crippen LogP contribution is 2.37. The van der Waals surface area contributed by atoms with Crippen LogP contribution in [-0.2, 0) is 6.18 Å². The zero-order chi connectivity index (χ0) is 17.2. The molecule has 2 aromatic rings. The monoisotopic (exact) mass is 321 g/mol. The highest BCUT2D eigenvalue weighted by atomic mass is 19.4. The highest BCUT2D eigenvalue weighted by Gasteiger charge is 2.31. The van der Waals surface area contributed by atoms with Crippen molar-refractivity contribution in [3.8, 4) is 16.9 Å². The molecule has 0 aromatic heterocycles. The van der Waals surface area contributed by atoms with E-state index >= 15 is 0 Å². The Morgan fingerprint density at radius 2 is 1.74 bits per heavy atom. The Balaban J connectivity index is 2.66. The molecular weight excluding hydrogens is 303 g/mol. The van der Waals surface area contributed by atoms with Crippen molar-refractivity contribution >= 4 is 6.21 Å². The van der Waals surface area contributed by atoms with Gasteiger partial charge in [-0.2, -0.15) is 13.2 Å². The lowest BCUT2D eigenvalue weighted by atomic mass is 9.93. The second-order valence-electron chi connectivity index (χ2n) is 5.56. The van der Waals surface area contributed by atoms with E-state index in [2.05, 4.69) is 0 Å². The fourth-order valence-corrected chi connectivity index (χ4v) is 2.40. The molecule has 0 amide bonds. The normalized spacial score (nSPS) is 11.6. The summed E-state index contributed by atoms with van der Waals surface area (Å²) >= 11 is 0. The first-order valence-electron chi connectivity index (χ1n) is 7.18. The molecule has 0 atom stereocenters. The van der Waals surface area contributed by atoms with E-state index in [0.29, 0.717) is 16.9 Å². The molecule has 0 aliphatic rings. The van der Waals surface area contributed by atoms with Gasteiger partial charge in [-0.25, -0.2) is 0 Å². The van der Waals surface area contributed by atoms with E-state index in [1.54, 1.807) is 6.07 Å². The molecule has 0 unspecified atom stereocenters. The second-order valence-corrected chi connectivity index (χ2v) is 5.56. The Kier molecular flexibility index (Phi) is 4.78. The maximum atomic E-state index is 12.9. The average Bonchev–Trinajstić information content (AvgIpc) is 2.52. The van der Waals surface area contributed by atoms with Gasteiger partial charge in [0.1, 0.15) is 5.75 Å². The third-order valence-electron chi connectivity index (χ3n) is 3.71. The van der Waals surface area contributed by atoms with E-state index in [1.807, 2.05) is 26.0 Å². The molecule has 122 valence electrons. The number of ether oxygens (including phenoxy) is 1. The van der Waals surface area contributed by atoms with Gasteiger partial charge in [0.15, 0.2) is 0 Å². The molecule has 5 heteroatoms. The van der Waals surface area contributed by atoms with Gasteiger partial charge >= 0.3 is 6.18 Å². The number of benzene rings is 2. The fourth-order valence-electron chi connectivity index (χ4n) is 2.40. The summed E-state index contributed by atoms with van der Waals surface area (Å²) in [5.41, 5.74) is 1.73. The Bertz CT molecular complexity index is 721. The lowest BCUT2D eigenvalue weighted by Gasteiger charge is -2.16. The molecule has 2 nitrogen and oxygen atoms in total. The molecule has 0 bridgehead atoms.